The highest BCUT2D eigenvalue weighted by molar-refractivity contribution is 5.73. The van der Waals surface area contributed by atoms with E-state index in [0.717, 1.165) is 5.56 Å². The van der Waals surface area contributed by atoms with Gasteiger partial charge in [0.15, 0.2) is 5.82 Å². The Morgan fingerprint density at radius 1 is 1.00 bits per heavy atom. The Labute approximate surface area is 87.8 Å². The van der Waals surface area contributed by atoms with Gasteiger partial charge >= 0.3 is 0 Å². The van der Waals surface area contributed by atoms with Crippen LogP contribution in [-0.4, -0.2) is 15.1 Å². The summed E-state index contributed by atoms with van der Waals surface area (Å²) in [6.45, 7) is 0. The summed E-state index contributed by atoms with van der Waals surface area (Å²) in [4.78, 5) is 7.99. The molecular formula is C12H10N2O. The molecule has 3 heteroatoms. The number of aliphatic hydroxyl groups is 1. The van der Waals surface area contributed by atoms with Crippen LogP contribution in [0.2, 0.25) is 0 Å². The molecule has 1 heterocycles. The van der Waals surface area contributed by atoms with Crippen LogP contribution < -0.4 is 0 Å². The molecule has 0 amide bonds. The van der Waals surface area contributed by atoms with Crippen molar-refractivity contribution in [2.75, 3.05) is 0 Å². The number of aliphatic hydroxyl groups excluding tert-OH is 1. The molecule has 1 aromatic heterocycles. The normalized spacial score (nSPS) is 11.3. The standard InChI is InChI=1S/C12H10N2O/c15-11(10-5-2-1-3-6-10)9-12-13-7-4-8-14-12/h1-9,15H/b11-9-. The Balaban J connectivity index is 2.29. The second kappa shape index (κ2) is 4.37. The Hall–Kier alpha value is -2.16. The summed E-state index contributed by atoms with van der Waals surface area (Å²) < 4.78 is 0. The van der Waals surface area contributed by atoms with Gasteiger partial charge in [-0.3, -0.25) is 0 Å². The highest BCUT2D eigenvalue weighted by atomic mass is 16.3. The van der Waals surface area contributed by atoms with Crippen molar-refractivity contribution in [3.05, 3.63) is 60.2 Å². The van der Waals surface area contributed by atoms with Gasteiger partial charge in [0.05, 0.1) is 0 Å². The summed E-state index contributed by atoms with van der Waals surface area (Å²) in [6.07, 6.45) is 4.81. The Morgan fingerprint density at radius 3 is 2.33 bits per heavy atom. The topological polar surface area (TPSA) is 46.0 Å². The van der Waals surface area contributed by atoms with E-state index in [1.165, 1.54) is 6.08 Å². The Bertz CT molecular complexity index is 452. The molecule has 0 aliphatic carbocycles. The molecule has 0 atom stereocenters. The molecule has 1 aromatic carbocycles. The molecule has 0 bridgehead atoms. The van der Waals surface area contributed by atoms with Crippen molar-refractivity contribution in [3.8, 4) is 0 Å². The minimum absolute atomic E-state index is 0.168. The van der Waals surface area contributed by atoms with Crippen molar-refractivity contribution in [1.82, 2.24) is 9.97 Å². The lowest BCUT2D eigenvalue weighted by molar-refractivity contribution is 0.515. The molecule has 1 N–H and O–H groups in total. The predicted octanol–water partition coefficient (Wildman–Crippen LogP) is 2.53. The maximum absolute atomic E-state index is 9.76. The molecule has 0 spiro atoms. The molecule has 0 radical (unpaired) electrons. The van der Waals surface area contributed by atoms with Gasteiger partial charge in [-0.05, 0) is 6.07 Å². The van der Waals surface area contributed by atoms with Crippen LogP contribution in [0.1, 0.15) is 11.4 Å². The first-order valence-electron chi connectivity index (χ1n) is 4.59. The first-order valence-corrected chi connectivity index (χ1v) is 4.59. The van der Waals surface area contributed by atoms with E-state index in [9.17, 15) is 5.11 Å². The molecule has 2 rings (SSSR count). The molecule has 0 saturated carbocycles. The lowest BCUT2D eigenvalue weighted by Gasteiger charge is -1.98. The lowest BCUT2D eigenvalue weighted by Crippen LogP contribution is -1.87. The van der Waals surface area contributed by atoms with Gasteiger partial charge in [-0.1, -0.05) is 30.3 Å². The highest BCUT2D eigenvalue weighted by Gasteiger charge is 1.98. The average molecular weight is 198 g/mol. The van der Waals surface area contributed by atoms with Crippen LogP contribution >= 0.6 is 0 Å². The van der Waals surface area contributed by atoms with Crippen molar-refractivity contribution in [3.63, 3.8) is 0 Å². The van der Waals surface area contributed by atoms with Crippen LogP contribution in [0.15, 0.2) is 48.8 Å². The fourth-order valence-corrected chi connectivity index (χ4v) is 1.20. The zero-order valence-corrected chi connectivity index (χ0v) is 8.04. The van der Waals surface area contributed by atoms with Crippen molar-refractivity contribution < 1.29 is 5.11 Å². The van der Waals surface area contributed by atoms with Gasteiger partial charge in [0.1, 0.15) is 5.76 Å². The number of hydrogen-bond acceptors (Lipinski definition) is 3. The summed E-state index contributed by atoms with van der Waals surface area (Å²) in [5, 5.41) is 9.76. The van der Waals surface area contributed by atoms with E-state index >= 15 is 0 Å². The molecule has 3 nitrogen and oxygen atoms in total. The van der Waals surface area contributed by atoms with Crippen molar-refractivity contribution in [2.24, 2.45) is 0 Å². The molecule has 74 valence electrons. The molecule has 0 aliphatic heterocycles. The first-order chi connectivity index (χ1) is 7.36. The third kappa shape index (κ3) is 2.40. The van der Waals surface area contributed by atoms with Crippen LogP contribution in [0.3, 0.4) is 0 Å². The Kier molecular flexibility index (Phi) is 2.74. The van der Waals surface area contributed by atoms with Gasteiger partial charge in [0.2, 0.25) is 0 Å². The van der Waals surface area contributed by atoms with Gasteiger partial charge in [0.25, 0.3) is 0 Å². The largest absolute Gasteiger partial charge is 0.507 e. The molecule has 15 heavy (non-hydrogen) atoms. The smallest absolute Gasteiger partial charge is 0.155 e. The number of nitrogens with zero attached hydrogens (tertiary/aromatic N) is 2. The Morgan fingerprint density at radius 2 is 1.67 bits per heavy atom. The van der Waals surface area contributed by atoms with E-state index in [0.29, 0.717) is 5.82 Å². The number of rotatable bonds is 2. The zero-order valence-electron chi connectivity index (χ0n) is 8.04. The maximum atomic E-state index is 9.76. The molecule has 0 unspecified atom stereocenters. The monoisotopic (exact) mass is 198 g/mol. The number of benzene rings is 1. The van der Waals surface area contributed by atoms with Crippen molar-refractivity contribution >= 4 is 11.8 Å². The van der Waals surface area contributed by atoms with Gasteiger partial charge in [0, 0.05) is 24.0 Å². The second-order valence-electron chi connectivity index (χ2n) is 3.00. The minimum atomic E-state index is 0.168. The molecule has 0 saturated heterocycles. The minimum Gasteiger partial charge on any atom is -0.507 e. The zero-order chi connectivity index (χ0) is 10.5. The third-order valence-corrected chi connectivity index (χ3v) is 1.92. The van der Waals surface area contributed by atoms with Crippen molar-refractivity contribution in [2.45, 2.75) is 0 Å². The van der Waals surface area contributed by atoms with Crippen molar-refractivity contribution in [1.29, 1.82) is 0 Å². The van der Waals surface area contributed by atoms with E-state index in [2.05, 4.69) is 9.97 Å². The number of aromatic nitrogens is 2. The second-order valence-corrected chi connectivity index (χ2v) is 3.00. The van der Waals surface area contributed by atoms with Gasteiger partial charge in [-0.15, -0.1) is 0 Å². The molecule has 0 fully saturated rings. The summed E-state index contributed by atoms with van der Waals surface area (Å²) in [7, 11) is 0. The molecule has 2 aromatic rings. The van der Waals surface area contributed by atoms with Crippen LogP contribution in [0.5, 0.6) is 0 Å². The first kappa shape index (κ1) is 9.40. The molecule has 0 aliphatic rings. The highest BCUT2D eigenvalue weighted by Crippen LogP contribution is 2.12. The van der Waals surface area contributed by atoms with E-state index in [1.807, 2.05) is 30.3 Å². The maximum Gasteiger partial charge on any atom is 0.155 e. The average Bonchev–Trinajstić information content (AvgIpc) is 2.31. The summed E-state index contributed by atoms with van der Waals surface area (Å²) in [5.41, 5.74) is 0.755. The summed E-state index contributed by atoms with van der Waals surface area (Å²) in [5.74, 6) is 0.667. The third-order valence-electron chi connectivity index (χ3n) is 1.92. The van der Waals surface area contributed by atoms with Gasteiger partial charge < -0.3 is 5.11 Å². The fourth-order valence-electron chi connectivity index (χ4n) is 1.20. The summed E-state index contributed by atoms with van der Waals surface area (Å²) in [6, 6.07) is 11.0. The van der Waals surface area contributed by atoms with Gasteiger partial charge in [-0.25, -0.2) is 9.97 Å². The molecular weight excluding hydrogens is 188 g/mol. The van der Waals surface area contributed by atoms with E-state index < -0.39 is 0 Å². The van der Waals surface area contributed by atoms with E-state index in [-0.39, 0.29) is 5.76 Å². The van der Waals surface area contributed by atoms with E-state index in [4.69, 9.17) is 0 Å². The van der Waals surface area contributed by atoms with Crippen LogP contribution in [0.4, 0.5) is 0 Å². The van der Waals surface area contributed by atoms with Crippen LogP contribution in [-0.2, 0) is 0 Å². The summed E-state index contributed by atoms with van der Waals surface area (Å²) >= 11 is 0. The van der Waals surface area contributed by atoms with E-state index in [1.54, 1.807) is 18.5 Å². The van der Waals surface area contributed by atoms with Crippen LogP contribution in [0.25, 0.3) is 11.8 Å². The predicted molar refractivity (Wildman–Crippen MR) is 59.0 cm³/mol. The van der Waals surface area contributed by atoms with Crippen LogP contribution in [0, 0.1) is 0 Å². The fraction of sp³-hybridized carbons (Fsp3) is 0. The quantitative estimate of drug-likeness (QED) is 0.754. The number of hydrogen-bond donors (Lipinski definition) is 1. The SMILES string of the molecule is O/C(=C\c1ncccn1)c1ccccc1. The lowest BCUT2D eigenvalue weighted by atomic mass is 10.2. The van der Waals surface area contributed by atoms with Gasteiger partial charge in [-0.2, -0.15) is 0 Å².